The number of halogens is 1. The smallest absolute Gasteiger partial charge is 0.224 e. The largest absolute Gasteiger partial charge is 0.354 e. The lowest BCUT2D eigenvalue weighted by atomic mass is 9.95. The first-order chi connectivity index (χ1) is 9.67. The Morgan fingerprint density at radius 1 is 1.43 bits per heavy atom. The Labute approximate surface area is 133 Å². The topological polar surface area (TPSA) is 41.1 Å². The van der Waals surface area contributed by atoms with Gasteiger partial charge in [-0.1, -0.05) is 31.2 Å². The van der Waals surface area contributed by atoms with Crippen molar-refractivity contribution in [3.8, 4) is 0 Å². The van der Waals surface area contributed by atoms with E-state index in [0.29, 0.717) is 6.04 Å². The zero-order valence-corrected chi connectivity index (χ0v) is 13.6. The first-order valence-electron chi connectivity index (χ1n) is 7.77. The molecule has 1 spiro atoms. The molecule has 2 N–H and O–H groups in total. The van der Waals surface area contributed by atoms with Crippen molar-refractivity contribution in [2.45, 2.75) is 44.6 Å². The highest BCUT2D eigenvalue weighted by Gasteiger charge is 2.61. The number of carbonyl (C=O) groups is 1. The lowest BCUT2D eigenvalue weighted by Crippen LogP contribution is -2.40. The number of aryl methyl sites for hydroxylation is 1. The van der Waals surface area contributed by atoms with Gasteiger partial charge in [-0.2, -0.15) is 0 Å². The molecule has 1 aromatic carbocycles. The van der Waals surface area contributed by atoms with Gasteiger partial charge in [0.1, 0.15) is 0 Å². The van der Waals surface area contributed by atoms with E-state index in [1.165, 1.54) is 11.1 Å². The second kappa shape index (κ2) is 6.37. The molecule has 21 heavy (non-hydrogen) atoms. The maximum Gasteiger partial charge on any atom is 0.224 e. The van der Waals surface area contributed by atoms with Crippen molar-refractivity contribution in [2.24, 2.45) is 5.92 Å². The van der Waals surface area contributed by atoms with E-state index < -0.39 is 0 Å². The van der Waals surface area contributed by atoms with Crippen LogP contribution in [0.1, 0.15) is 37.8 Å². The fourth-order valence-corrected chi connectivity index (χ4v) is 3.74. The van der Waals surface area contributed by atoms with Crippen molar-refractivity contribution in [1.82, 2.24) is 10.6 Å². The van der Waals surface area contributed by atoms with Gasteiger partial charge < -0.3 is 10.6 Å². The molecule has 3 rings (SSSR count). The minimum atomic E-state index is 0. The standard InChI is InChI=1S/C17H24N2O.ClH/c1-3-18-12(2)11-19-16(20)15-10-17(15)9-8-13-6-4-5-7-14(13)17;/h4-7,12,15,18H,3,8-11H2,1-2H3,(H,19,20);1H/t12-,15?,17?;/m1./s1. The van der Waals surface area contributed by atoms with Crippen LogP contribution in [0.4, 0.5) is 0 Å². The van der Waals surface area contributed by atoms with Crippen molar-refractivity contribution in [1.29, 1.82) is 0 Å². The SMILES string of the molecule is CCN[C@H](C)CNC(=O)C1CC12CCc1ccccc12.Cl. The average Bonchev–Trinajstić information content (AvgIpc) is 3.07. The lowest BCUT2D eigenvalue weighted by Gasteiger charge is -2.15. The fraction of sp³-hybridized carbons (Fsp3) is 0.588. The number of likely N-dealkylation sites (N-methyl/N-ethyl adjacent to an activating group) is 1. The molecular formula is C17H25ClN2O. The third-order valence-electron chi connectivity index (χ3n) is 4.92. The van der Waals surface area contributed by atoms with E-state index in [1.54, 1.807) is 0 Å². The van der Waals surface area contributed by atoms with Gasteiger partial charge in [-0.15, -0.1) is 12.4 Å². The van der Waals surface area contributed by atoms with Gasteiger partial charge in [-0.25, -0.2) is 0 Å². The molecule has 1 amide bonds. The van der Waals surface area contributed by atoms with E-state index in [0.717, 1.165) is 32.4 Å². The van der Waals surface area contributed by atoms with Crippen LogP contribution in [0.2, 0.25) is 0 Å². The maximum absolute atomic E-state index is 12.3. The molecular weight excluding hydrogens is 284 g/mol. The predicted molar refractivity (Wildman–Crippen MR) is 87.9 cm³/mol. The van der Waals surface area contributed by atoms with Crippen LogP contribution in [0.5, 0.6) is 0 Å². The summed E-state index contributed by atoms with van der Waals surface area (Å²) in [6.45, 7) is 5.86. The van der Waals surface area contributed by atoms with Gasteiger partial charge in [0.2, 0.25) is 5.91 Å². The molecule has 0 saturated heterocycles. The summed E-state index contributed by atoms with van der Waals surface area (Å²) in [5, 5.41) is 6.43. The number of benzene rings is 1. The first-order valence-corrected chi connectivity index (χ1v) is 7.77. The number of nitrogens with one attached hydrogen (secondary N) is 2. The van der Waals surface area contributed by atoms with E-state index in [4.69, 9.17) is 0 Å². The molecule has 2 unspecified atom stereocenters. The number of fused-ring (bicyclic) bond motifs is 2. The fourth-order valence-electron chi connectivity index (χ4n) is 3.74. The van der Waals surface area contributed by atoms with E-state index in [2.05, 4.69) is 48.7 Å². The Balaban J connectivity index is 0.00000161. The summed E-state index contributed by atoms with van der Waals surface area (Å²) in [5.74, 6) is 0.437. The van der Waals surface area contributed by atoms with Crippen LogP contribution in [-0.2, 0) is 16.6 Å². The van der Waals surface area contributed by atoms with Crippen molar-refractivity contribution in [3.63, 3.8) is 0 Å². The highest BCUT2D eigenvalue weighted by atomic mass is 35.5. The van der Waals surface area contributed by atoms with Crippen molar-refractivity contribution >= 4 is 18.3 Å². The molecule has 1 saturated carbocycles. The molecule has 4 heteroatoms. The van der Waals surface area contributed by atoms with Gasteiger partial charge in [0.15, 0.2) is 0 Å². The molecule has 3 atom stereocenters. The summed E-state index contributed by atoms with van der Waals surface area (Å²) in [5.41, 5.74) is 3.05. The van der Waals surface area contributed by atoms with Crippen molar-refractivity contribution in [2.75, 3.05) is 13.1 Å². The second-order valence-electron chi connectivity index (χ2n) is 6.27. The van der Waals surface area contributed by atoms with Crippen LogP contribution >= 0.6 is 12.4 Å². The maximum atomic E-state index is 12.3. The monoisotopic (exact) mass is 308 g/mol. The lowest BCUT2D eigenvalue weighted by molar-refractivity contribution is -0.122. The minimum absolute atomic E-state index is 0. The van der Waals surface area contributed by atoms with Crippen LogP contribution < -0.4 is 10.6 Å². The van der Waals surface area contributed by atoms with Gasteiger partial charge in [-0.3, -0.25) is 4.79 Å². The number of hydrogen-bond acceptors (Lipinski definition) is 2. The Kier molecular flexibility index (Phi) is 4.95. The Bertz CT molecular complexity index is 519. The summed E-state index contributed by atoms with van der Waals surface area (Å²) < 4.78 is 0. The molecule has 116 valence electrons. The van der Waals surface area contributed by atoms with Gasteiger partial charge in [0.25, 0.3) is 0 Å². The molecule has 1 fully saturated rings. The third-order valence-corrected chi connectivity index (χ3v) is 4.92. The highest BCUT2D eigenvalue weighted by molar-refractivity contribution is 5.85. The molecule has 0 radical (unpaired) electrons. The molecule has 0 bridgehead atoms. The molecule has 2 aliphatic rings. The van der Waals surface area contributed by atoms with Crippen LogP contribution in [0.25, 0.3) is 0 Å². The van der Waals surface area contributed by atoms with Gasteiger partial charge in [-0.05, 0) is 43.9 Å². The summed E-state index contributed by atoms with van der Waals surface area (Å²) in [6.07, 6.45) is 3.31. The average molecular weight is 309 g/mol. The number of rotatable bonds is 5. The summed E-state index contributed by atoms with van der Waals surface area (Å²) in [7, 11) is 0. The van der Waals surface area contributed by atoms with E-state index in [9.17, 15) is 4.79 Å². The van der Waals surface area contributed by atoms with Crippen LogP contribution in [0.3, 0.4) is 0 Å². The van der Waals surface area contributed by atoms with Crippen LogP contribution in [0, 0.1) is 5.92 Å². The van der Waals surface area contributed by atoms with E-state index in [-0.39, 0.29) is 29.6 Å². The Hall–Kier alpha value is -1.06. The number of amides is 1. The molecule has 0 aromatic heterocycles. The van der Waals surface area contributed by atoms with Gasteiger partial charge in [0, 0.05) is 23.9 Å². The minimum Gasteiger partial charge on any atom is -0.354 e. The van der Waals surface area contributed by atoms with E-state index >= 15 is 0 Å². The molecule has 0 heterocycles. The van der Waals surface area contributed by atoms with E-state index in [1.807, 2.05) is 0 Å². The zero-order valence-electron chi connectivity index (χ0n) is 12.8. The Morgan fingerprint density at radius 3 is 2.95 bits per heavy atom. The number of hydrogen-bond donors (Lipinski definition) is 2. The third kappa shape index (κ3) is 2.95. The van der Waals surface area contributed by atoms with Crippen molar-refractivity contribution < 1.29 is 4.79 Å². The van der Waals surface area contributed by atoms with Crippen molar-refractivity contribution in [3.05, 3.63) is 35.4 Å². The van der Waals surface area contributed by atoms with Crippen LogP contribution in [0.15, 0.2) is 24.3 Å². The first kappa shape index (κ1) is 16.3. The normalized spacial score (nSPS) is 26.9. The quantitative estimate of drug-likeness (QED) is 0.877. The van der Waals surface area contributed by atoms with Gasteiger partial charge >= 0.3 is 0 Å². The predicted octanol–water partition coefficient (Wildman–Crippen LogP) is 2.43. The highest BCUT2D eigenvalue weighted by Crippen LogP contribution is 2.61. The Morgan fingerprint density at radius 2 is 2.19 bits per heavy atom. The second-order valence-corrected chi connectivity index (χ2v) is 6.27. The van der Waals surface area contributed by atoms with Gasteiger partial charge in [0.05, 0.1) is 0 Å². The zero-order chi connectivity index (χ0) is 14.2. The molecule has 2 aliphatic carbocycles. The molecule has 0 aliphatic heterocycles. The number of carbonyl (C=O) groups excluding carboxylic acids is 1. The molecule has 3 nitrogen and oxygen atoms in total. The van der Waals surface area contributed by atoms with Crippen LogP contribution in [-0.4, -0.2) is 25.0 Å². The summed E-state index contributed by atoms with van der Waals surface area (Å²) >= 11 is 0. The molecule has 1 aromatic rings. The summed E-state index contributed by atoms with van der Waals surface area (Å²) in [4.78, 5) is 12.3. The summed E-state index contributed by atoms with van der Waals surface area (Å²) in [6, 6.07) is 8.98.